The summed E-state index contributed by atoms with van der Waals surface area (Å²) >= 11 is 0. The maximum absolute atomic E-state index is 13.1. The molecule has 8 heteroatoms. The molecule has 2 atom stereocenters. The number of urea groups is 1. The van der Waals surface area contributed by atoms with E-state index in [0.717, 1.165) is 5.56 Å². The molecule has 0 radical (unpaired) electrons. The molecule has 0 saturated heterocycles. The largest absolute Gasteiger partial charge is 0.392 e. The van der Waals surface area contributed by atoms with E-state index in [1.54, 1.807) is 24.3 Å². The van der Waals surface area contributed by atoms with Gasteiger partial charge >= 0.3 is 12.2 Å². The first kappa shape index (κ1) is 21.1. The molecule has 150 valence electrons. The van der Waals surface area contributed by atoms with Crippen LogP contribution in [0.1, 0.15) is 45.1 Å². The number of anilines is 1. The summed E-state index contributed by atoms with van der Waals surface area (Å²) in [6.07, 6.45) is -2.91. The molecule has 1 fully saturated rings. The molecule has 0 spiro atoms. The van der Waals surface area contributed by atoms with Gasteiger partial charge in [-0.1, -0.05) is 25.0 Å². The number of hydrogen-bond donors (Lipinski definition) is 3. The summed E-state index contributed by atoms with van der Waals surface area (Å²) in [6.45, 7) is 3.85. The van der Waals surface area contributed by atoms with Gasteiger partial charge in [0.15, 0.2) is 0 Å². The van der Waals surface area contributed by atoms with Crippen molar-refractivity contribution in [1.29, 1.82) is 0 Å². The van der Waals surface area contributed by atoms with Crippen LogP contribution in [0.3, 0.4) is 0 Å². The number of benzene rings is 1. The molecular weight excluding hydrogens is 359 g/mol. The molecule has 5 nitrogen and oxygen atoms in total. The lowest BCUT2D eigenvalue weighted by molar-refractivity contribution is -0.198. The summed E-state index contributed by atoms with van der Waals surface area (Å²) in [5, 5.41) is 8.00. The number of hydrogen-bond acceptors (Lipinski definition) is 2. The van der Waals surface area contributed by atoms with Crippen LogP contribution in [0.4, 0.5) is 23.7 Å². The Labute approximate surface area is 157 Å². The molecule has 2 rings (SSSR count). The average Bonchev–Trinajstić information content (AvgIpc) is 2.59. The van der Waals surface area contributed by atoms with E-state index in [9.17, 15) is 22.8 Å². The predicted molar refractivity (Wildman–Crippen MR) is 97.1 cm³/mol. The molecule has 0 bridgehead atoms. The monoisotopic (exact) mass is 385 g/mol. The third-order valence-electron chi connectivity index (χ3n) is 4.62. The fraction of sp³-hybridized carbons (Fsp3) is 0.579. The molecule has 1 aliphatic carbocycles. The highest BCUT2D eigenvalue weighted by Gasteiger charge is 2.47. The van der Waals surface area contributed by atoms with E-state index < -0.39 is 23.9 Å². The van der Waals surface area contributed by atoms with Crippen molar-refractivity contribution in [2.75, 3.05) is 5.32 Å². The summed E-state index contributed by atoms with van der Waals surface area (Å²) in [6, 6.07) is 6.49. The van der Waals surface area contributed by atoms with Crippen LogP contribution >= 0.6 is 0 Å². The molecule has 0 aliphatic heterocycles. The van der Waals surface area contributed by atoms with Gasteiger partial charge in [0.2, 0.25) is 5.91 Å². The number of rotatable bonds is 5. The number of carbonyl (C=O) groups excluding carboxylic acids is 2. The normalized spacial score (nSPS) is 20.2. The van der Waals surface area contributed by atoms with Gasteiger partial charge in [-0.3, -0.25) is 4.79 Å². The summed E-state index contributed by atoms with van der Waals surface area (Å²) < 4.78 is 39.4. The average molecular weight is 385 g/mol. The lowest BCUT2D eigenvalue weighted by Crippen LogP contribution is -2.42. The molecule has 3 amide bonds. The SMILES string of the molecule is CC(C)NC(=O)Nc1ccc(CNC(=O)C2CCCCC2C(F)(F)F)cc1. The molecule has 1 saturated carbocycles. The third kappa shape index (κ3) is 6.45. The molecule has 3 N–H and O–H groups in total. The fourth-order valence-electron chi connectivity index (χ4n) is 3.29. The summed E-state index contributed by atoms with van der Waals surface area (Å²) in [4.78, 5) is 23.9. The van der Waals surface area contributed by atoms with Crippen molar-refractivity contribution >= 4 is 17.6 Å². The smallest absolute Gasteiger partial charge is 0.352 e. The molecule has 1 aromatic rings. The van der Waals surface area contributed by atoms with Crippen molar-refractivity contribution in [3.8, 4) is 0 Å². The number of halogens is 3. The molecule has 0 heterocycles. The lowest BCUT2D eigenvalue weighted by atomic mass is 9.78. The number of amides is 3. The van der Waals surface area contributed by atoms with Gasteiger partial charge in [-0.15, -0.1) is 0 Å². The van der Waals surface area contributed by atoms with Gasteiger partial charge in [-0.2, -0.15) is 13.2 Å². The van der Waals surface area contributed by atoms with Crippen molar-refractivity contribution in [1.82, 2.24) is 10.6 Å². The highest BCUT2D eigenvalue weighted by Crippen LogP contribution is 2.41. The van der Waals surface area contributed by atoms with Crippen molar-refractivity contribution < 1.29 is 22.8 Å². The van der Waals surface area contributed by atoms with Crippen LogP contribution in [0.5, 0.6) is 0 Å². The molecule has 27 heavy (non-hydrogen) atoms. The minimum absolute atomic E-state index is 0.0137. The zero-order valence-corrected chi connectivity index (χ0v) is 15.5. The lowest BCUT2D eigenvalue weighted by Gasteiger charge is -2.32. The topological polar surface area (TPSA) is 70.2 Å². The van der Waals surface area contributed by atoms with Crippen LogP contribution in [0.25, 0.3) is 0 Å². The zero-order chi connectivity index (χ0) is 20.0. The molecule has 2 unspecified atom stereocenters. The van der Waals surface area contributed by atoms with Crippen LogP contribution < -0.4 is 16.0 Å². The van der Waals surface area contributed by atoms with E-state index >= 15 is 0 Å². The van der Waals surface area contributed by atoms with Gasteiger partial charge in [-0.25, -0.2) is 4.79 Å². The van der Waals surface area contributed by atoms with E-state index in [1.807, 2.05) is 13.8 Å². The van der Waals surface area contributed by atoms with Crippen LogP contribution in [-0.4, -0.2) is 24.2 Å². The first-order valence-electron chi connectivity index (χ1n) is 9.17. The summed E-state index contributed by atoms with van der Waals surface area (Å²) in [7, 11) is 0. The molecule has 0 aromatic heterocycles. The molecule has 1 aromatic carbocycles. The second-order valence-electron chi connectivity index (χ2n) is 7.21. The first-order chi connectivity index (χ1) is 12.7. The standard InChI is InChI=1S/C19H26F3N3O2/c1-12(2)24-18(27)25-14-9-7-13(8-10-14)11-23-17(26)15-5-3-4-6-16(15)19(20,21)22/h7-10,12,15-16H,3-6,11H2,1-2H3,(H,23,26)(H2,24,25,27). The highest BCUT2D eigenvalue weighted by atomic mass is 19.4. The Morgan fingerprint density at radius 2 is 1.74 bits per heavy atom. The van der Waals surface area contributed by atoms with Gasteiger partial charge in [0.1, 0.15) is 0 Å². The number of alkyl halides is 3. The van der Waals surface area contributed by atoms with Crippen LogP contribution in [0, 0.1) is 11.8 Å². The zero-order valence-electron chi connectivity index (χ0n) is 15.5. The Hall–Kier alpha value is -2.25. The minimum atomic E-state index is -4.34. The molecule has 1 aliphatic rings. The van der Waals surface area contributed by atoms with E-state index in [4.69, 9.17) is 0 Å². The van der Waals surface area contributed by atoms with Crippen LogP contribution in [0.2, 0.25) is 0 Å². The minimum Gasteiger partial charge on any atom is -0.352 e. The van der Waals surface area contributed by atoms with Crippen molar-refractivity contribution in [3.63, 3.8) is 0 Å². The Morgan fingerprint density at radius 1 is 1.11 bits per heavy atom. The van der Waals surface area contributed by atoms with Gasteiger partial charge in [0, 0.05) is 24.2 Å². The second kappa shape index (κ2) is 9.10. The van der Waals surface area contributed by atoms with E-state index in [2.05, 4.69) is 16.0 Å². The van der Waals surface area contributed by atoms with Gasteiger partial charge in [0.05, 0.1) is 5.92 Å². The van der Waals surface area contributed by atoms with E-state index in [0.29, 0.717) is 18.5 Å². The Bertz CT molecular complexity index is 645. The third-order valence-corrected chi connectivity index (χ3v) is 4.62. The maximum Gasteiger partial charge on any atom is 0.392 e. The number of nitrogens with one attached hydrogen (secondary N) is 3. The van der Waals surface area contributed by atoms with Crippen molar-refractivity contribution in [3.05, 3.63) is 29.8 Å². The van der Waals surface area contributed by atoms with E-state index in [-0.39, 0.29) is 31.5 Å². The summed E-state index contributed by atoms with van der Waals surface area (Å²) in [5.41, 5.74) is 1.34. The van der Waals surface area contributed by atoms with Crippen LogP contribution in [-0.2, 0) is 11.3 Å². The Morgan fingerprint density at radius 3 is 2.33 bits per heavy atom. The fourth-order valence-corrected chi connectivity index (χ4v) is 3.29. The Balaban J connectivity index is 1.88. The van der Waals surface area contributed by atoms with Gasteiger partial charge < -0.3 is 16.0 Å². The number of carbonyl (C=O) groups is 2. The summed E-state index contributed by atoms with van der Waals surface area (Å²) in [5.74, 6) is -3.12. The van der Waals surface area contributed by atoms with Crippen molar-refractivity contribution in [2.45, 2.75) is 58.3 Å². The second-order valence-corrected chi connectivity index (χ2v) is 7.21. The van der Waals surface area contributed by atoms with Gasteiger partial charge in [0.25, 0.3) is 0 Å². The first-order valence-corrected chi connectivity index (χ1v) is 9.17. The van der Waals surface area contributed by atoms with E-state index in [1.165, 1.54) is 0 Å². The van der Waals surface area contributed by atoms with Gasteiger partial charge in [-0.05, 0) is 44.4 Å². The molecular formula is C19H26F3N3O2. The quantitative estimate of drug-likeness (QED) is 0.711. The Kier molecular flexibility index (Phi) is 7.10. The predicted octanol–water partition coefficient (Wildman–Crippen LogP) is 4.20. The highest BCUT2D eigenvalue weighted by molar-refractivity contribution is 5.89. The maximum atomic E-state index is 13.1. The van der Waals surface area contributed by atoms with Crippen LogP contribution in [0.15, 0.2) is 24.3 Å². The van der Waals surface area contributed by atoms with Crippen molar-refractivity contribution in [2.24, 2.45) is 11.8 Å².